The van der Waals surface area contributed by atoms with Gasteiger partial charge in [0.2, 0.25) is 0 Å². The topological polar surface area (TPSA) is 42.2 Å². The quantitative estimate of drug-likeness (QED) is 0.777. The lowest BCUT2D eigenvalue weighted by atomic mass is 10.1. The number of hydrogen-bond acceptors (Lipinski definition) is 3. The van der Waals surface area contributed by atoms with E-state index in [1.54, 1.807) is 19.4 Å². The van der Waals surface area contributed by atoms with E-state index in [1.807, 2.05) is 19.1 Å². The number of rotatable bonds is 3. The van der Waals surface area contributed by atoms with Crippen LogP contribution in [-0.4, -0.2) is 19.4 Å². The smallest absolute Gasteiger partial charge is 0.176 e. The molecular formula is C12H13NO2. The second kappa shape index (κ2) is 3.87. The molecule has 0 spiro atoms. The molecular weight excluding hydrogens is 190 g/mol. The standard InChI is InChI=1S/C12H13NO2/c1-8-7-15-12-4-3-9(5-10(8)12)11(14)6-13-2/h3-5,7,13H,6H2,1-2H3. The molecule has 0 bridgehead atoms. The Morgan fingerprint density at radius 1 is 1.47 bits per heavy atom. The maximum Gasteiger partial charge on any atom is 0.176 e. The van der Waals surface area contributed by atoms with Crippen molar-refractivity contribution in [2.45, 2.75) is 6.92 Å². The van der Waals surface area contributed by atoms with Crippen molar-refractivity contribution in [2.24, 2.45) is 0 Å². The number of ketones is 1. The van der Waals surface area contributed by atoms with Crippen LogP contribution < -0.4 is 5.32 Å². The van der Waals surface area contributed by atoms with Crippen LogP contribution in [0.3, 0.4) is 0 Å². The fraction of sp³-hybridized carbons (Fsp3) is 0.250. The molecule has 1 heterocycles. The van der Waals surface area contributed by atoms with E-state index in [1.165, 1.54) is 0 Å². The summed E-state index contributed by atoms with van der Waals surface area (Å²) in [5.74, 6) is 0.0972. The first kappa shape index (κ1) is 9.93. The largest absolute Gasteiger partial charge is 0.464 e. The van der Waals surface area contributed by atoms with Crippen molar-refractivity contribution in [3.05, 3.63) is 35.6 Å². The Hall–Kier alpha value is -1.61. The van der Waals surface area contributed by atoms with E-state index in [4.69, 9.17) is 4.42 Å². The van der Waals surface area contributed by atoms with Gasteiger partial charge in [-0.15, -0.1) is 0 Å². The summed E-state index contributed by atoms with van der Waals surface area (Å²) in [5, 5.41) is 3.86. The van der Waals surface area contributed by atoms with Gasteiger partial charge in [0.1, 0.15) is 5.58 Å². The second-order valence-electron chi connectivity index (χ2n) is 3.58. The predicted molar refractivity (Wildman–Crippen MR) is 59.2 cm³/mol. The SMILES string of the molecule is CNCC(=O)c1ccc2occ(C)c2c1. The van der Waals surface area contributed by atoms with Crippen LogP contribution in [0.2, 0.25) is 0 Å². The zero-order chi connectivity index (χ0) is 10.8. The summed E-state index contributed by atoms with van der Waals surface area (Å²) >= 11 is 0. The fourth-order valence-corrected chi connectivity index (χ4v) is 1.59. The Labute approximate surface area is 88.1 Å². The van der Waals surface area contributed by atoms with Crippen LogP contribution >= 0.6 is 0 Å². The Morgan fingerprint density at radius 2 is 2.27 bits per heavy atom. The number of benzene rings is 1. The summed E-state index contributed by atoms with van der Waals surface area (Å²) in [4.78, 5) is 11.6. The lowest BCUT2D eigenvalue weighted by Crippen LogP contribution is -2.18. The molecule has 1 N–H and O–H groups in total. The first-order chi connectivity index (χ1) is 7.22. The van der Waals surface area contributed by atoms with Gasteiger partial charge in [-0.05, 0) is 37.7 Å². The van der Waals surface area contributed by atoms with Crippen molar-refractivity contribution in [3.63, 3.8) is 0 Å². The monoisotopic (exact) mass is 203 g/mol. The van der Waals surface area contributed by atoms with Crippen molar-refractivity contribution in [1.29, 1.82) is 0 Å². The van der Waals surface area contributed by atoms with Gasteiger partial charge >= 0.3 is 0 Å². The first-order valence-corrected chi connectivity index (χ1v) is 4.88. The van der Waals surface area contributed by atoms with Crippen molar-refractivity contribution < 1.29 is 9.21 Å². The summed E-state index contributed by atoms with van der Waals surface area (Å²) in [6, 6.07) is 5.52. The van der Waals surface area contributed by atoms with Gasteiger partial charge in [0.05, 0.1) is 12.8 Å². The molecule has 1 aromatic carbocycles. The number of carbonyl (C=O) groups is 1. The third-order valence-electron chi connectivity index (χ3n) is 2.43. The highest BCUT2D eigenvalue weighted by molar-refractivity contribution is 6.00. The Morgan fingerprint density at radius 3 is 3.00 bits per heavy atom. The molecule has 3 nitrogen and oxygen atoms in total. The van der Waals surface area contributed by atoms with Gasteiger partial charge in [-0.25, -0.2) is 0 Å². The first-order valence-electron chi connectivity index (χ1n) is 4.88. The number of furan rings is 1. The van der Waals surface area contributed by atoms with E-state index >= 15 is 0 Å². The van der Waals surface area contributed by atoms with Crippen LogP contribution in [0.4, 0.5) is 0 Å². The second-order valence-corrected chi connectivity index (χ2v) is 3.58. The number of Topliss-reactive ketones (excluding diaryl/α,β-unsaturated/α-hetero) is 1. The molecule has 0 fully saturated rings. The minimum absolute atomic E-state index is 0.0972. The molecule has 1 aromatic heterocycles. The third kappa shape index (κ3) is 1.78. The van der Waals surface area contributed by atoms with E-state index < -0.39 is 0 Å². The Kier molecular flexibility index (Phi) is 2.56. The van der Waals surface area contributed by atoms with Crippen LogP contribution in [0, 0.1) is 6.92 Å². The van der Waals surface area contributed by atoms with E-state index in [2.05, 4.69) is 5.32 Å². The average molecular weight is 203 g/mol. The molecule has 0 aliphatic carbocycles. The van der Waals surface area contributed by atoms with E-state index in [0.29, 0.717) is 6.54 Å². The highest BCUT2D eigenvalue weighted by atomic mass is 16.3. The summed E-state index contributed by atoms with van der Waals surface area (Å²) in [6.45, 7) is 2.33. The van der Waals surface area contributed by atoms with Crippen LogP contribution in [-0.2, 0) is 0 Å². The van der Waals surface area contributed by atoms with E-state index in [-0.39, 0.29) is 5.78 Å². The van der Waals surface area contributed by atoms with Crippen LogP contribution in [0.25, 0.3) is 11.0 Å². The third-order valence-corrected chi connectivity index (χ3v) is 2.43. The number of nitrogens with one attached hydrogen (secondary N) is 1. The molecule has 0 aliphatic heterocycles. The minimum atomic E-state index is 0.0972. The van der Waals surface area contributed by atoms with Crippen LogP contribution in [0.1, 0.15) is 15.9 Å². The van der Waals surface area contributed by atoms with Crippen LogP contribution in [0.15, 0.2) is 28.9 Å². The molecule has 0 saturated heterocycles. The molecule has 3 heteroatoms. The molecule has 2 aromatic rings. The van der Waals surface area contributed by atoms with Gasteiger partial charge in [-0.1, -0.05) is 0 Å². The van der Waals surface area contributed by atoms with Crippen molar-refractivity contribution >= 4 is 16.8 Å². The Balaban J connectivity index is 2.45. The zero-order valence-corrected chi connectivity index (χ0v) is 8.83. The molecule has 78 valence electrons. The maximum atomic E-state index is 11.6. The summed E-state index contributed by atoms with van der Waals surface area (Å²) in [5.41, 5.74) is 2.61. The van der Waals surface area contributed by atoms with E-state index in [9.17, 15) is 4.79 Å². The molecule has 2 rings (SSSR count). The lowest BCUT2D eigenvalue weighted by Gasteiger charge is -1.99. The molecule has 0 unspecified atom stereocenters. The Bertz CT molecular complexity index is 499. The number of carbonyl (C=O) groups excluding carboxylic acids is 1. The van der Waals surface area contributed by atoms with Crippen molar-refractivity contribution in [1.82, 2.24) is 5.32 Å². The predicted octanol–water partition coefficient (Wildman–Crippen LogP) is 2.14. The minimum Gasteiger partial charge on any atom is -0.464 e. The highest BCUT2D eigenvalue weighted by Gasteiger charge is 2.08. The van der Waals surface area contributed by atoms with Gasteiger partial charge in [0.15, 0.2) is 5.78 Å². The fourth-order valence-electron chi connectivity index (χ4n) is 1.59. The maximum absolute atomic E-state index is 11.6. The molecule has 0 radical (unpaired) electrons. The van der Waals surface area contributed by atoms with Gasteiger partial charge in [0.25, 0.3) is 0 Å². The van der Waals surface area contributed by atoms with Crippen molar-refractivity contribution in [3.8, 4) is 0 Å². The average Bonchev–Trinajstić information content (AvgIpc) is 2.60. The van der Waals surface area contributed by atoms with Gasteiger partial charge in [-0.2, -0.15) is 0 Å². The molecule has 15 heavy (non-hydrogen) atoms. The molecule has 0 saturated carbocycles. The number of hydrogen-bond donors (Lipinski definition) is 1. The number of fused-ring (bicyclic) bond motifs is 1. The van der Waals surface area contributed by atoms with Crippen molar-refractivity contribution in [2.75, 3.05) is 13.6 Å². The summed E-state index contributed by atoms with van der Waals surface area (Å²) in [6.07, 6.45) is 1.71. The van der Waals surface area contributed by atoms with E-state index in [0.717, 1.165) is 22.1 Å². The normalized spacial score (nSPS) is 10.8. The van der Waals surface area contributed by atoms with Crippen LogP contribution in [0.5, 0.6) is 0 Å². The van der Waals surface area contributed by atoms with Gasteiger partial charge in [0, 0.05) is 10.9 Å². The summed E-state index contributed by atoms with van der Waals surface area (Å²) < 4.78 is 5.32. The number of likely N-dealkylation sites (N-methyl/N-ethyl adjacent to an activating group) is 1. The zero-order valence-electron chi connectivity index (χ0n) is 8.83. The summed E-state index contributed by atoms with van der Waals surface area (Å²) in [7, 11) is 1.76. The number of aryl methyl sites for hydroxylation is 1. The molecule has 0 amide bonds. The molecule has 0 aliphatic rings. The highest BCUT2D eigenvalue weighted by Crippen LogP contribution is 2.21. The van der Waals surface area contributed by atoms with Gasteiger partial charge in [-0.3, -0.25) is 4.79 Å². The lowest BCUT2D eigenvalue weighted by molar-refractivity contribution is 0.0993. The molecule has 0 atom stereocenters. The van der Waals surface area contributed by atoms with Gasteiger partial charge < -0.3 is 9.73 Å².